The molecule has 1 aromatic rings. The van der Waals surface area contributed by atoms with Gasteiger partial charge < -0.3 is 5.11 Å². The van der Waals surface area contributed by atoms with Crippen LogP contribution in [0.4, 0.5) is 0 Å². The number of hydrogen-bond acceptors (Lipinski definition) is 3. The van der Waals surface area contributed by atoms with E-state index in [1.807, 2.05) is 19.9 Å². The summed E-state index contributed by atoms with van der Waals surface area (Å²) in [5, 5.41) is 12.6. The molecular weight excluding hydrogens is 446 g/mol. The Morgan fingerprint density at radius 2 is 2.38 bits per heavy atom. The number of aromatic carboxylic acids is 1. The Kier molecular flexibility index (Phi) is 4.70. The standard InChI is InChI=1S/C10H13N3O2.Es/c1-3-8(7-11-4-2)13-6-5-9(12-13)10(14)15;/h3,5-7H,4H2,1-2H3,(H,14,15);/b8-3+,11-7?;. The first-order valence-corrected chi connectivity index (χ1v) is 4.64. The van der Waals surface area contributed by atoms with Gasteiger partial charge in [0, 0.05) is 19.0 Å². The van der Waals surface area contributed by atoms with E-state index in [1.165, 1.54) is 10.7 Å². The van der Waals surface area contributed by atoms with Gasteiger partial charge in [-0.2, -0.15) is 5.10 Å². The van der Waals surface area contributed by atoms with Crippen molar-refractivity contribution in [3.05, 3.63) is 24.0 Å². The summed E-state index contributed by atoms with van der Waals surface area (Å²) in [7, 11) is 0. The minimum atomic E-state index is -1.03. The Labute approximate surface area is 87.8 Å². The molecule has 1 aromatic heterocycles. The Morgan fingerprint density at radius 3 is 2.81 bits per heavy atom. The van der Waals surface area contributed by atoms with Crippen molar-refractivity contribution < 1.29 is 9.90 Å². The molecule has 0 spiro atoms. The second-order valence-corrected chi connectivity index (χ2v) is 2.79. The van der Waals surface area contributed by atoms with Gasteiger partial charge in [0.25, 0.3) is 0 Å². The Bertz CT molecular complexity index is 410. The van der Waals surface area contributed by atoms with Crippen molar-refractivity contribution in [1.29, 1.82) is 0 Å². The summed E-state index contributed by atoms with van der Waals surface area (Å²) in [6, 6.07) is 1.45. The fraction of sp³-hybridized carbons (Fsp3) is 0.300. The van der Waals surface area contributed by atoms with Crippen LogP contribution >= 0.6 is 0 Å². The molecule has 0 unspecified atom stereocenters. The predicted molar refractivity (Wildman–Crippen MR) is 58.2 cm³/mol. The van der Waals surface area contributed by atoms with E-state index in [0.29, 0.717) is 6.54 Å². The number of carboxylic acids is 1. The third-order valence-corrected chi connectivity index (χ3v) is 1.77. The fourth-order valence-corrected chi connectivity index (χ4v) is 1.03. The summed E-state index contributed by atoms with van der Waals surface area (Å²) < 4.78 is 1.49. The first-order valence-electron chi connectivity index (χ1n) is 4.64. The molecule has 0 atom stereocenters. The number of rotatable bonds is 4. The first kappa shape index (κ1) is 13.1. The molecule has 0 aliphatic heterocycles. The predicted octanol–water partition coefficient (Wildman–Crippen LogP) is 1.53. The summed E-state index contributed by atoms with van der Waals surface area (Å²) in [6.07, 6.45) is 5.08. The van der Waals surface area contributed by atoms with Gasteiger partial charge in [0.05, 0.1) is 5.70 Å². The smallest absolute Gasteiger partial charge is 0.356 e. The molecule has 91 valence electrons. The second kappa shape index (κ2) is 5.74. The average molecular weight is 459 g/mol. The van der Waals surface area contributed by atoms with Crippen LogP contribution in [0.3, 0.4) is 0 Å². The molecule has 0 fully saturated rings. The number of hydrogen-bond donors (Lipinski definition) is 1. The van der Waals surface area contributed by atoms with Gasteiger partial charge in [0.2, 0.25) is 0 Å². The van der Waals surface area contributed by atoms with Crippen molar-refractivity contribution in [2.45, 2.75) is 13.8 Å². The van der Waals surface area contributed by atoms with E-state index in [9.17, 15) is 4.79 Å². The van der Waals surface area contributed by atoms with Crippen LogP contribution in [0.25, 0.3) is 5.70 Å². The van der Waals surface area contributed by atoms with E-state index in [-0.39, 0.29) is 5.69 Å². The summed E-state index contributed by atoms with van der Waals surface area (Å²) in [6.45, 7) is 4.46. The van der Waals surface area contributed by atoms with E-state index in [0.717, 1.165) is 5.70 Å². The van der Waals surface area contributed by atoms with Gasteiger partial charge in [-0.1, -0.05) is 6.08 Å². The van der Waals surface area contributed by atoms with Crippen molar-refractivity contribution in [3.63, 3.8) is 0 Å². The molecule has 0 bridgehead atoms. The van der Waals surface area contributed by atoms with E-state index in [1.54, 1.807) is 12.4 Å². The van der Waals surface area contributed by atoms with E-state index >= 15 is 0 Å². The molecule has 1 heterocycles. The third-order valence-electron chi connectivity index (χ3n) is 1.77. The summed E-state index contributed by atoms with van der Waals surface area (Å²) >= 11 is 0. The van der Waals surface area contributed by atoms with Gasteiger partial charge in [0.15, 0.2) is 5.69 Å². The molecular formula is C10H13EsN3O2. The number of carbonyl (C=O) groups is 1. The molecule has 6 heteroatoms. The van der Waals surface area contributed by atoms with Crippen LogP contribution in [-0.4, -0.2) is 33.6 Å². The van der Waals surface area contributed by atoms with Gasteiger partial charge in [-0.05, 0) is 19.9 Å². The molecule has 0 amide bonds. The monoisotopic (exact) mass is 459 g/mol. The summed E-state index contributed by atoms with van der Waals surface area (Å²) in [5.41, 5.74) is 0.781. The van der Waals surface area contributed by atoms with Gasteiger partial charge in [-0.3, -0.25) is 4.99 Å². The van der Waals surface area contributed by atoms with E-state index in [2.05, 4.69) is 10.1 Å². The molecule has 0 aliphatic carbocycles. The normalized spacial score (nSPS) is 11.5. The quantitative estimate of drug-likeness (QED) is 0.695. The molecule has 0 saturated heterocycles. The van der Waals surface area contributed by atoms with Gasteiger partial charge >= 0.3 is 5.97 Å². The Balaban J connectivity index is 0.00000225. The van der Waals surface area contributed by atoms with Gasteiger partial charge in [0.1, 0.15) is 0 Å². The van der Waals surface area contributed by atoms with Crippen molar-refractivity contribution in [1.82, 2.24) is 9.78 Å². The number of aromatic nitrogens is 2. The van der Waals surface area contributed by atoms with Crippen LogP contribution in [0, 0.1) is 0 Å². The molecule has 1 radical (unpaired) electrons. The number of allylic oxidation sites excluding steroid dienone is 2. The second-order valence-electron chi connectivity index (χ2n) is 2.79. The zero-order chi connectivity index (χ0) is 11.3. The molecule has 0 aromatic carbocycles. The maximum absolute atomic E-state index is 10.6. The summed E-state index contributed by atoms with van der Waals surface area (Å²) in [5.74, 6) is -1.03. The maximum atomic E-state index is 10.6. The largest absolute Gasteiger partial charge is 0.476 e. The first-order chi connectivity index (χ1) is 7.19. The van der Waals surface area contributed by atoms with Crippen molar-refractivity contribution in [2.24, 2.45) is 4.99 Å². The van der Waals surface area contributed by atoms with Crippen molar-refractivity contribution in [3.8, 4) is 0 Å². The van der Waals surface area contributed by atoms with Gasteiger partial charge in [-0.25, -0.2) is 9.48 Å². The van der Waals surface area contributed by atoms with Crippen LogP contribution in [0.15, 0.2) is 23.3 Å². The number of carboxylic acid groups (broad SMARTS) is 1. The average Bonchev–Trinajstić information content (AvgIpc) is 2.68. The minimum absolute atomic E-state index is 0. The molecule has 1 N–H and O–H groups in total. The number of nitrogens with zero attached hydrogens (tertiary/aromatic N) is 3. The van der Waals surface area contributed by atoms with Crippen LogP contribution in [-0.2, 0) is 0 Å². The zero-order valence-electron chi connectivity index (χ0n) is 9.02. The van der Waals surface area contributed by atoms with Crippen LogP contribution in [0.5, 0.6) is 0 Å². The van der Waals surface area contributed by atoms with E-state index in [4.69, 9.17) is 5.11 Å². The molecule has 1 rings (SSSR count). The van der Waals surface area contributed by atoms with Gasteiger partial charge in [-0.15, -0.1) is 0 Å². The SMILES string of the molecule is C/C=C(\C=NCC)n1ccc(C(=O)O)n1.[Es]. The number of aliphatic imine (C=N–C) groups is 1. The molecule has 0 saturated carbocycles. The van der Waals surface area contributed by atoms with Crippen molar-refractivity contribution >= 4 is 17.9 Å². The molecule has 5 nitrogen and oxygen atoms in total. The van der Waals surface area contributed by atoms with Crippen LogP contribution in [0.1, 0.15) is 24.3 Å². The Hall–Kier alpha value is -2.91. The fourth-order valence-electron chi connectivity index (χ4n) is 1.03. The third kappa shape index (κ3) is 2.80. The van der Waals surface area contributed by atoms with Crippen molar-refractivity contribution in [2.75, 3.05) is 6.54 Å². The zero-order valence-corrected chi connectivity index (χ0v) is 11.5. The maximum Gasteiger partial charge on any atom is 0.356 e. The van der Waals surface area contributed by atoms with Crippen LogP contribution < -0.4 is 0 Å². The topological polar surface area (TPSA) is 67.5 Å². The minimum Gasteiger partial charge on any atom is -0.476 e. The van der Waals surface area contributed by atoms with Crippen LogP contribution in [0.2, 0.25) is 0 Å². The molecule has 16 heavy (non-hydrogen) atoms. The molecule has 0 aliphatic rings. The summed E-state index contributed by atoms with van der Waals surface area (Å²) in [4.78, 5) is 14.7. The van der Waals surface area contributed by atoms with E-state index < -0.39 is 5.97 Å². The Morgan fingerprint density at radius 1 is 1.69 bits per heavy atom.